The molecule has 96 valence electrons. The van der Waals surface area contributed by atoms with Gasteiger partial charge < -0.3 is 10.2 Å². The second kappa shape index (κ2) is 7.80. The van der Waals surface area contributed by atoms with Gasteiger partial charge in [-0.25, -0.2) is 0 Å². The molecule has 1 aromatic rings. The van der Waals surface area contributed by atoms with Crippen molar-refractivity contribution in [2.45, 2.75) is 20.3 Å². The molecule has 17 heavy (non-hydrogen) atoms. The van der Waals surface area contributed by atoms with Crippen LogP contribution in [0, 0.1) is 0 Å². The van der Waals surface area contributed by atoms with Crippen LogP contribution in [0.25, 0.3) is 0 Å². The molecule has 1 aromatic carbocycles. The van der Waals surface area contributed by atoms with Crippen LogP contribution in [0.5, 0.6) is 0 Å². The van der Waals surface area contributed by atoms with Gasteiger partial charge in [-0.2, -0.15) is 0 Å². The summed E-state index contributed by atoms with van der Waals surface area (Å²) in [5.74, 6) is 0. The average Bonchev–Trinajstić information content (AvgIpc) is 2.32. The molecule has 0 aliphatic rings. The van der Waals surface area contributed by atoms with Crippen molar-refractivity contribution in [2.75, 3.05) is 31.5 Å². The lowest BCUT2D eigenvalue weighted by Gasteiger charge is -2.18. The minimum Gasteiger partial charge on any atom is -0.384 e. The van der Waals surface area contributed by atoms with Crippen LogP contribution in [-0.2, 0) is 0 Å². The molecule has 0 saturated carbocycles. The first-order valence-electron chi connectivity index (χ1n) is 6.08. The molecule has 0 saturated heterocycles. The average molecular weight is 275 g/mol. The van der Waals surface area contributed by atoms with Gasteiger partial charge in [-0.05, 0) is 44.3 Å². The van der Waals surface area contributed by atoms with E-state index in [1.54, 1.807) is 6.07 Å². The van der Waals surface area contributed by atoms with Gasteiger partial charge in [0, 0.05) is 11.6 Å². The van der Waals surface area contributed by atoms with Gasteiger partial charge >= 0.3 is 0 Å². The molecule has 0 heterocycles. The van der Waals surface area contributed by atoms with E-state index in [-0.39, 0.29) is 0 Å². The van der Waals surface area contributed by atoms with Crippen molar-refractivity contribution in [3.05, 3.63) is 28.2 Å². The molecule has 1 rings (SSSR count). The quantitative estimate of drug-likeness (QED) is 0.752. The third kappa shape index (κ3) is 5.15. The van der Waals surface area contributed by atoms with Crippen molar-refractivity contribution >= 4 is 28.9 Å². The van der Waals surface area contributed by atoms with Gasteiger partial charge in [0.2, 0.25) is 0 Å². The first-order valence-corrected chi connectivity index (χ1v) is 6.84. The molecule has 0 aliphatic carbocycles. The second-order valence-electron chi connectivity index (χ2n) is 3.93. The lowest BCUT2D eigenvalue weighted by atomic mass is 10.3. The molecule has 2 nitrogen and oxygen atoms in total. The van der Waals surface area contributed by atoms with Crippen molar-refractivity contribution in [1.82, 2.24) is 4.90 Å². The Morgan fingerprint density at radius 3 is 2.47 bits per heavy atom. The van der Waals surface area contributed by atoms with Gasteiger partial charge in [-0.1, -0.05) is 37.0 Å². The van der Waals surface area contributed by atoms with Gasteiger partial charge in [0.05, 0.1) is 10.7 Å². The highest BCUT2D eigenvalue weighted by atomic mass is 35.5. The van der Waals surface area contributed by atoms with E-state index in [4.69, 9.17) is 23.2 Å². The fraction of sp³-hybridized carbons (Fsp3) is 0.538. The van der Waals surface area contributed by atoms with Crippen LogP contribution in [0.15, 0.2) is 18.2 Å². The first kappa shape index (κ1) is 14.6. The Hall–Kier alpha value is -0.440. The third-order valence-electron chi connectivity index (χ3n) is 2.79. The fourth-order valence-electron chi connectivity index (χ4n) is 1.70. The van der Waals surface area contributed by atoms with E-state index in [2.05, 4.69) is 24.1 Å². The van der Waals surface area contributed by atoms with Crippen LogP contribution in [0.1, 0.15) is 20.3 Å². The van der Waals surface area contributed by atoms with Crippen LogP contribution >= 0.6 is 23.2 Å². The molecule has 0 spiro atoms. The van der Waals surface area contributed by atoms with Crippen LogP contribution in [0.2, 0.25) is 10.0 Å². The summed E-state index contributed by atoms with van der Waals surface area (Å²) in [5, 5.41) is 4.68. The maximum atomic E-state index is 6.07. The van der Waals surface area contributed by atoms with E-state index in [1.807, 2.05) is 12.1 Å². The summed E-state index contributed by atoms with van der Waals surface area (Å²) in [5.41, 5.74) is 0.954. The number of hydrogen-bond donors (Lipinski definition) is 1. The molecule has 1 N–H and O–H groups in total. The van der Waals surface area contributed by atoms with Crippen molar-refractivity contribution in [3.63, 3.8) is 0 Å². The minimum absolute atomic E-state index is 0.670. The molecule has 0 amide bonds. The summed E-state index contributed by atoms with van der Waals surface area (Å²) in [6.45, 7) is 8.64. The number of rotatable bonds is 7. The van der Waals surface area contributed by atoms with E-state index in [0.717, 1.165) is 38.3 Å². The molecule has 0 atom stereocenters. The number of halogens is 2. The van der Waals surface area contributed by atoms with Gasteiger partial charge in [-0.15, -0.1) is 0 Å². The summed E-state index contributed by atoms with van der Waals surface area (Å²) < 4.78 is 0. The summed E-state index contributed by atoms with van der Waals surface area (Å²) in [7, 11) is 0. The Labute approximate surface area is 114 Å². The molecular formula is C13H20Cl2N2. The largest absolute Gasteiger partial charge is 0.384 e. The van der Waals surface area contributed by atoms with Gasteiger partial charge in [0.25, 0.3) is 0 Å². The monoisotopic (exact) mass is 274 g/mol. The van der Waals surface area contributed by atoms with Gasteiger partial charge in [0.1, 0.15) is 0 Å². The van der Waals surface area contributed by atoms with Crippen molar-refractivity contribution in [3.8, 4) is 0 Å². The van der Waals surface area contributed by atoms with Crippen molar-refractivity contribution < 1.29 is 0 Å². The molecule has 0 aromatic heterocycles. The SMILES string of the molecule is CCN(CC)CCCNc1ccc(Cl)cc1Cl. The van der Waals surface area contributed by atoms with Crippen LogP contribution in [0.4, 0.5) is 5.69 Å². The zero-order valence-electron chi connectivity index (χ0n) is 10.5. The lowest BCUT2D eigenvalue weighted by Crippen LogP contribution is -2.25. The fourth-order valence-corrected chi connectivity index (χ4v) is 2.17. The van der Waals surface area contributed by atoms with Crippen molar-refractivity contribution in [2.24, 2.45) is 0 Å². The Morgan fingerprint density at radius 1 is 1.18 bits per heavy atom. The normalized spacial score (nSPS) is 10.9. The molecule has 0 radical (unpaired) electrons. The number of nitrogens with zero attached hydrogens (tertiary/aromatic N) is 1. The Kier molecular flexibility index (Phi) is 6.71. The standard InChI is InChI=1S/C13H20Cl2N2/c1-3-17(4-2)9-5-8-16-13-7-6-11(14)10-12(13)15/h6-7,10,16H,3-5,8-9H2,1-2H3. The molecule has 0 unspecified atom stereocenters. The second-order valence-corrected chi connectivity index (χ2v) is 4.78. The zero-order chi connectivity index (χ0) is 12.7. The first-order chi connectivity index (χ1) is 8.17. The van der Waals surface area contributed by atoms with Crippen LogP contribution < -0.4 is 5.32 Å². The maximum Gasteiger partial charge on any atom is 0.0652 e. The topological polar surface area (TPSA) is 15.3 Å². The summed E-state index contributed by atoms with van der Waals surface area (Å²) in [6, 6.07) is 5.53. The third-order valence-corrected chi connectivity index (χ3v) is 3.34. The zero-order valence-corrected chi connectivity index (χ0v) is 12.0. The highest BCUT2D eigenvalue weighted by Gasteiger charge is 2.01. The highest BCUT2D eigenvalue weighted by Crippen LogP contribution is 2.25. The predicted molar refractivity (Wildman–Crippen MR) is 77.4 cm³/mol. The van der Waals surface area contributed by atoms with E-state index in [0.29, 0.717) is 10.0 Å². The Morgan fingerprint density at radius 2 is 1.88 bits per heavy atom. The molecule has 0 aliphatic heterocycles. The Bertz CT molecular complexity index is 338. The Balaban J connectivity index is 2.31. The minimum atomic E-state index is 0.670. The molecule has 4 heteroatoms. The van der Waals surface area contributed by atoms with E-state index < -0.39 is 0 Å². The van der Waals surface area contributed by atoms with E-state index >= 15 is 0 Å². The number of nitrogens with one attached hydrogen (secondary N) is 1. The van der Waals surface area contributed by atoms with Crippen molar-refractivity contribution in [1.29, 1.82) is 0 Å². The van der Waals surface area contributed by atoms with Gasteiger partial charge in [0.15, 0.2) is 0 Å². The number of hydrogen-bond acceptors (Lipinski definition) is 2. The van der Waals surface area contributed by atoms with Crippen LogP contribution in [0.3, 0.4) is 0 Å². The van der Waals surface area contributed by atoms with E-state index in [9.17, 15) is 0 Å². The van der Waals surface area contributed by atoms with E-state index in [1.165, 1.54) is 0 Å². The summed E-state index contributed by atoms with van der Waals surface area (Å²) in [6.07, 6.45) is 1.11. The maximum absolute atomic E-state index is 6.07. The smallest absolute Gasteiger partial charge is 0.0652 e. The van der Waals surface area contributed by atoms with Crippen LogP contribution in [-0.4, -0.2) is 31.1 Å². The lowest BCUT2D eigenvalue weighted by molar-refractivity contribution is 0.303. The molecule has 0 bridgehead atoms. The van der Waals surface area contributed by atoms with Gasteiger partial charge in [-0.3, -0.25) is 0 Å². The predicted octanol–water partition coefficient (Wildman–Crippen LogP) is 4.14. The highest BCUT2D eigenvalue weighted by molar-refractivity contribution is 6.36. The number of benzene rings is 1. The summed E-state index contributed by atoms with van der Waals surface area (Å²) in [4.78, 5) is 2.41. The molecular weight excluding hydrogens is 255 g/mol. The molecule has 0 fully saturated rings. The summed E-state index contributed by atoms with van der Waals surface area (Å²) >= 11 is 11.9. The number of anilines is 1.